The quantitative estimate of drug-likeness (QED) is 0.903. The van der Waals surface area contributed by atoms with E-state index in [4.69, 9.17) is 11.6 Å². The van der Waals surface area contributed by atoms with Crippen molar-refractivity contribution in [1.29, 1.82) is 0 Å². The lowest BCUT2D eigenvalue weighted by molar-refractivity contribution is -0.120. The van der Waals surface area contributed by atoms with E-state index in [1.54, 1.807) is 0 Å². The van der Waals surface area contributed by atoms with Crippen LogP contribution in [0.1, 0.15) is 25.2 Å². The maximum atomic E-state index is 12.3. The van der Waals surface area contributed by atoms with E-state index < -0.39 is 0 Å². The Morgan fingerprint density at radius 2 is 2.37 bits per heavy atom. The highest BCUT2D eigenvalue weighted by Gasteiger charge is 2.24. The fourth-order valence-corrected chi connectivity index (χ4v) is 3.55. The Hall–Kier alpha value is -0.520. The smallest absolute Gasteiger partial charge is 0.156 e. The zero-order valence-corrected chi connectivity index (χ0v) is 13.0. The van der Waals surface area contributed by atoms with Gasteiger partial charge in [0, 0.05) is 24.6 Å². The zero-order chi connectivity index (χ0) is 13.8. The highest BCUT2D eigenvalue weighted by molar-refractivity contribution is 7.99. The van der Waals surface area contributed by atoms with E-state index in [1.165, 1.54) is 0 Å². The normalized spacial score (nSPS) is 19.6. The Kier molecular flexibility index (Phi) is 5.30. The molecule has 0 radical (unpaired) electrons. The van der Waals surface area contributed by atoms with Gasteiger partial charge in [-0.25, -0.2) is 0 Å². The molecule has 19 heavy (non-hydrogen) atoms. The van der Waals surface area contributed by atoms with Crippen LogP contribution in [-0.2, 0) is 24.2 Å². The van der Waals surface area contributed by atoms with E-state index in [9.17, 15) is 4.79 Å². The molecular weight excluding hydrogens is 282 g/mol. The summed E-state index contributed by atoms with van der Waals surface area (Å²) in [5.41, 5.74) is 1.75. The van der Waals surface area contributed by atoms with Gasteiger partial charge in [-0.1, -0.05) is 18.5 Å². The van der Waals surface area contributed by atoms with Crippen LogP contribution in [0.3, 0.4) is 0 Å². The van der Waals surface area contributed by atoms with E-state index >= 15 is 0 Å². The Bertz CT molecular complexity index is 455. The van der Waals surface area contributed by atoms with Gasteiger partial charge in [0.2, 0.25) is 0 Å². The van der Waals surface area contributed by atoms with Gasteiger partial charge in [0.15, 0.2) is 5.78 Å². The van der Waals surface area contributed by atoms with Crippen molar-refractivity contribution in [3.8, 4) is 0 Å². The third-order valence-corrected chi connectivity index (χ3v) is 4.84. The van der Waals surface area contributed by atoms with Crippen LogP contribution in [0.5, 0.6) is 0 Å². The van der Waals surface area contributed by atoms with Crippen molar-refractivity contribution in [3.63, 3.8) is 0 Å². The van der Waals surface area contributed by atoms with Crippen molar-refractivity contribution >= 4 is 29.1 Å². The highest BCUT2D eigenvalue weighted by Crippen LogP contribution is 2.23. The number of nitrogens with one attached hydrogen (secondary N) is 1. The molecular formula is C13H20ClN3OS. The molecule has 0 bridgehead atoms. The van der Waals surface area contributed by atoms with Gasteiger partial charge in [-0.2, -0.15) is 16.9 Å². The van der Waals surface area contributed by atoms with Crippen molar-refractivity contribution in [3.05, 3.63) is 16.4 Å². The van der Waals surface area contributed by atoms with Gasteiger partial charge < -0.3 is 5.32 Å². The largest absolute Gasteiger partial charge is 0.306 e. The lowest BCUT2D eigenvalue weighted by Crippen LogP contribution is -2.44. The average molecular weight is 302 g/mol. The number of Topliss-reactive ketones (excluding diaryl/α,β-unsaturated/α-hetero) is 1. The van der Waals surface area contributed by atoms with E-state index in [2.05, 4.69) is 10.4 Å². The van der Waals surface area contributed by atoms with Gasteiger partial charge in [-0.15, -0.1) is 0 Å². The SMILES string of the molecule is CCc1nn(CC)c(CC(=O)C2CSCCN2)c1Cl. The lowest BCUT2D eigenvalue weighted by atomic mass is 10.1. The Balaban J connectivity index is 2.13. The van der Waals surface area contributed by atoms with E-state index in [-0.39, 0.29) is 11.8 Å². The summed E-state index contributed by atoms with van der Waals surface area (Å²) in [6.07, 6.45) is 1.17. The summed E-state index contributed by atoms with van der Waals surface area (Å²) in [7, 11) is 0. The van der Waals surface area contributed by atoms with Crippen LogP contribution in [0.15, 0.2) is 0 Å². The molecule has 0 spiro atoms. The standard InChI is InChI=1S/C13H20ClN3OS/c1-3-9-13(14)11(17(4-2)16-9)7-12(18)10-8-19-6-5-15-10/h10,15H,3-8H2,1-2H3. The summed E-state index contributed by atoms with van der Waals surface area (Å²) in [6.45, 7) is 5.70. The van der Waals surface area contributed by atoms with Crippen molar-refractivity contribution in [2.75, 3.05) is 18.1 Å². The van der Waals surface area contributed by atoms with Gasteiger partial charge in [-0.3, -0.25) is 9.48 Å². The second-order valence-corrected chi connectivity index (χ2v) is 6.13. The van der Waals surface area contributed by atoms with Crippen molar-refractivity contribution in [2.24, 2.45) is 0 Å². The number of ketones is 1. The molecule has 106 valence electrons. The molecule has 1 unspecified atom stereocenters. The van der Waals surface area contributed by atoms with Crippen LogP contribution in [-0.4, -0.2) is 39.7 Å². The van der Waals surface area contributed by atoms with Gasteiger partial charge in [0.05, 0.1) is 28.9 Å². The molecule has 4 nitrogen and oxygen atoms in total. The maximum absolute atomic E-state index is 12.3. The van der Waals surface area contributed by atoms with E-state index in [0.29, 0.717) is 11.4 Å². The molecule has 2 heterocycles. The van der Waals surface area contributed by atoms with Crippen molar-refractivity contribution in [2.45, 2.75) is 39.3 Å². The van der Waals surface area contributed by atoms with Crippen LogP contribution in [0, 0.1) is 0 Å². The molecule has 1 aliphatic rings. The monoisotopic (exact) mass is 301 g/mol. The summed E-state index contributed by atoms with van der Waals surface area (Å²) in [5.74, 6) is 2.15. The first-order valence-electron chi connectivity index (χ1n) is 6.75. The summed E-state index contributed by atoms with van der Waals surface area (Å²) in [6, 6.07) is -0.0416. The summed E-state index contributed by atoms with van der Waals surface area (Å²) in [4.78, 5) is 12.3. The van der Waals surface area contributed by atoms with Crippen LogP contribution in [0.25, 0.3) is 0 Å². The molecule has 1 atom stereocenters. The topological polar surface area (TPSA) is 46.9 Å². The number of aryl methyl sites for hydroxylation is 2. The van der Waals surface area contributed by atoms with Gasteiger partial charge in [0.25, 0.3) is 0 Å². The minimum atomic E-state index is -0.0416. The minimum absolute atomic E-state index is 0.0416. The third-order valence-electron chi connectivity index (χ3n) is 3.35. The number of nitrogens with zero attached hydrogens (tertiary/aromatic N) is 2. The fourth-order valence-electron chi connectivity index (χ4n) is 2.25. The molecule has 1 fully saturated rings. The molecule has 2 rings (SSSR count). The van der Waals surface area contributed by atoms with Gasteiger partial charge in [-0.05, 0) is 13.3 Å². The minimum Gasteiger partial charge on any atom is -0.306 e. The number of hydrogen-bond acceptors (Lipinski definition) is 4. The summed E-state index contributed by atoms with van der Waals surface area (Å²) in [5, 5.41) is 8.39. The first-order valence-corrected chi connectivity index (χ1v) is 8.28. The van der Waals surface area contributed by atoms with Crippen LogP contribution in [0.2, 0.25) is 5.02 Å². The second kappa shape index (κ2) is 6.77. The molecule has 0 aliphatic carbocycles. The van der Waals surface area contributed by atoms with Gasteiger partial charge in [0.1, 0.15) is 0 Å². The zero-order valence-electron chi connectivity index (χ0n) is 11.4. The predicted molar refractivity (Wildman–Crippen MR) is 80.1 cm³/mol. The van der Waals surface area contributed by atoms with Crippen LogP contribution >= 0.6 is 23.4 Å². The summed E-state index contributed by atoms with van der Waals surface area (Å²) >= 11 is 8.16. The molecule has 0 saturated carbocycles. The maximum Gasteiger partial charge on any atom is 0.156 e. The lowest BCUT2D eigenvalue weighted by Gasteiger charge is -2.22. The molecule has 1 aliphatic heterocycles. The van der Waals surface area contributed by atoms with Gasteiger partial charge >= 0.3 is 0 Å². The number of carbonyl (C=O) groups excluding carboxylic acids is 1. The van der Waals surface area contributed by atoms with E-state index in [0.717, 1.165) is 42.4 Å². The summed E-state index contributed by atoms with van der Waals surface area (Å²) < 4.78 is 1.86. The highest BCUT2D eigenvalue weighted by atomic mass is 35.5. The number of halogens is 1. The molecule has 0 aromatic carbocycles. The Labute approximate surface area is 123 Å². The van der Waals surface area contributed by atoms with Crippen LogP contribution < -0.4 is 5.32 Å². The fraction of sp³-hybridized carbons (Fsp3) is 0.692. The first kappa shape index (κ1) is 14.9. The Morgan fingerprint density at radius 3 is 2.95 bits per heavy atom. The Morgan fingerprint density at radius 1 is 1.58 bits per heavy atom. The predicted octanol–water partition coefficient (Wildman–Crippen LogP) is 1.94. The van der Waals surface area contributed by atoms with Crippen molar-refractivity contribution in [1.82, 2.24) is 15.1 Å². The number of hydrogen-bond donors (Lipinski definition) is 1. The molecule has 1 aromatic heterocycles. The molecule has 1 N–H and O–H groups in total. The number of rotatable bonds is 5. The molecule has 0 amide bonds. The van der Waals surface area contributed by atoms with Crippen LogP contribution in [0.4, 0.5) is 0 Å². The molecule has 1 aromatic rings. The number of carbonyl (C=O) groups is 1. The third kappa shape index (κ3) is 3.33. The van der Waals surface area contributed by atoms with Crippen molar-refractivity contribution < 1.29 is 4.79 Å². The molecule has 6 heteroatoms. The first-order chi connectivity index (χ1) is 9.17. The molecule has 1 saturated heterocycles. The second-order valence-electron chi connectivity index (χ2n) is 4.60. The van der Waals surface area contributed by atoms with E-state index in [1.807, 2.05) is 30.3 Å². The average Bonchev–Trinajstić information content (AvgIpc) is 2.76. The number of thioether (sulfide) groups is 1. The number of aromatic nitrogens is 2.